The number of phosphoric ester groups is 1. The molecule has 0 aliphatic rings. The van der Waals surface area contributed by atoms with Crippen LogP contribution in [0.2, 0.25) is 0 Å². The number of likely N-dealkylation sites (N-methyl/N-ethyl adjacent to an activating group) is 1. The van der Waals surface area contributed by atoms with Crippen LogP contribution in [0.25, 0.3) is 0 Å². The third-order valence-corrected chi connectivity index (χ3v) is 12.0. The van der Waals surface area contributed by atoms with E-state index in [9.17, 15) is 19.0 Å². The van der Waals surface area contributed by atoms with Crippen molar-refractivity contribution in [3.05, 3.63) is 109 Å². The standard InChI is InChI=1S/C58H99N2O7P/c1-7-10-13-16-19-22-25-28-29-30-31-33-36-39-42-45-48-51-58(62)67-56(49-46-43-40-37-34-27-24-21-18-15-12-9-3)55(54-66-68(63,64)65-53-52-60(4,5)6)59-57(61)50-47-44-41-38-35-32-26-23-20-17-14-11-8-2/h10-11,13-14,17,19-20,22-23,26,28-29,31,33,39,42,46,49,55-56H,7-9,12,15-16,18,21,24-25,27,30,32,34-38,40-41,43-45,47-48,50-54H2,1-6H3,(H-,59,61,63,64)/b13-10-,14-11+,20-17+,22-19-,26-23-,29-28-,33-31-,42-39-,49-46+. The lowest BCUT2D eigenvalue weighted by Crippen LogP contribution is -2.47. The van der Waals surface area contributed by atoms with Gasteiger partial charge in [0, 0.05) is 12.8 Å². The summed E-state index contributed by atoms with van der Waals surface area (Å²) in [6.07, 6.45) is 63.5. The Balaban J connectivity index is 5.55. The molecule has 0 saturated carbocycles. The third kappa shape index (κ3) is 47.7. The van der Waals surface area contributed by atoms with Crippen molar-refractivity contribution in [1.82, 2.24) is 5.32 Å². The highest BCUT2D eigenvalue weighted by atomic mass is 31.2. The molecule has 0 fully saturated rings. The number of unbranched alkanes of at least 4 members (excludes halogenated alkanes) is 16. The van der Waals surface area contributed by atoms with E-state index in [1.165, 1.54) is 51.4 Å². The molecule has 0 aliphatic carbocycles. The second-order valence-corrected chi connectivity index (χ2v) is 20.1. The van der Waals surface area contributed by atoms with Crippen LogP contribution in [0.1, 0.15) is 194 Å². The summed E-state index contributed by atoms with van der Waals surface area (Å²) < 4.78 is 30.1. The topological polar surface area (TPSA) is 114 Å². The fraction of sp³-hybridized carbons (Fsp3) is 0.655. The smallest absolute Gasteiger partial charge is 0.306 e. The fourth-order valence-electron chi connectivity index (χ4n) is 6.91. The number of hydrogen-bond donors (Lipinski definition) is 1. The fourth-order valence-corrected chi connectivity index (χ4v) is 7.63. The summed E-state index contributed by atoms with van der Waals surface area (Å²) in [7, 11) is 1.12. The van der Waals surface area contributed by atoms with Gasteiger partial charge in [-0.05, 0) is 89.5 Å². The molecule has 0 heterocycles. The number of carbonyl (C=O) groups excluding carboxylic acids is 2. The first-order valence-corrected chi connectivity index (χ1v) is 28.2. The van der Waals surface area contributed by atoms with Gasteiger partial charge in [0.25, 0.3) is 7.82 Å². The zero-order valence-corrected chi connectivity index (χ0v) is 44.9. The summed E-state index contributed by atoms with van der Waals surface area (Å²) in [6, 6.07) is -0.927. The van der Waals surface area contributed by atoms with E-state index >= 15 is 0 Å². The number of phosphoric acid groups is 1. The Morgan fingerprint density at radius 2 is 1.03 bits per heavy atom. The molecule has 3 atom stereocenters. The van der Waals surface area contributed by atoms with Gasteiger partial charge in [-0.25, -0.2) is 0 Å². The molecule has 9 nitrogen and oxygen atoms in total. The number of ether oxygens (including phenoxy) is 1. The van der Waals surface area contributed by atoms with E-state index in [4.69, 9.17) is 13.8 Å². The van der Waals surface area contributed by atoms with Crippen LogP contribution >= 0.6 is 7.82 Å². The Morgan fingerprint density at radius 1 is 0.544 bits per heavy atom. The second kappa shape index (κ2) is 47.4. The van der Waals surface area contributed by atoms with Gasteiger partial charge in [-0.1, -0.05) is 201 Å². The molecule has 0 aromatic rings. The highest BCUT2D eigenvalue weighted by Crippen LogP contribution is 2.38. The first kappa shape index (κ1) is 64.7. The van der Waals surface area contributed by atoms with Crippen molar-refractivity contribution in [2.45, 2.75) is 206 Å². The van der Waals surface area contributed by atoms with Crippen molar-refractivity contribution in [3.8, 4) is 0 Å². The SMILES string of the molecule is CC/C=C\C/C=C\C/C=C\C/C=C\C/C=C\CCCC(=O)OC(/C=C/CCCCCCCCCCCC)C(COP(=O)([O-])OCC[N+](C)(C)C)NC(=O)CCCCCCC\C=C/C=C/C=C/CC. The number of nitrogens with one attached hydrogen (secondary N) is 1. The molecule has 10 heteroatoms. The van der Waals surface area contributed by atoms with Crippen LogP contribution in [-0.2, 0) is 27.9 Å². The van der Waals surface area contributed by atoms with Gasteiger partial charge in [-0.3, -0.25) is 14.2 Å². The van der Waals surface area contributed by atoms with Gasteiger partial charge in [-0.2, -0.15) is 0 Å². The molecule has 0 saturated heterocycles. The van der Waals surface area contributed by atoms with E-state index in [0.717, 1.165) is 96.3 Å². The van der Waals surface area contributed by atoms with E-state index in [0.29, 0.717) is 23.9 Å². The molecular formula is C58H99N2O7P. The Kier molecular flexibility index (Phi) is 45.0. The van der Waals surface area contributed by atoms with Crippen LogP contribution in [0.5, 0.6) is 0 Å². The maximum absolute atomic E-state index is 13.4. The molecule has 0 radical (unpaired) electrons. The van der Waals surface area contributed by atoms with Gasteiger partial charge < -0.3 is 28.5 Å². The lowest BCUT2D eigenvalue weighted by molar-refractivity contribution is -0.870. The molecule has 0 aromatic carbocycles. The quantitative estimate of drug-likeness (QED) is 0.0161. The monoisotopic (exact) mass is 967 g/mol. The van der Waals surface area contributed by atoms with Gasteiger partial charge >= 0.3 is 5.97 Å². The van der Waals surface area contributed by atoms with Crippen LogP contribution in [-0.4, -0.2) is 69.4 Å². The maximum atomic E-state index is 13.4. The summed E-state index contributed by atoms with van der Waals surface area (Å²) in [6.45, 7) is 6.50. The Labute approximate surface area is 417 Å². The zero-order valence-electron chi connectivity index (χ0n) is 44.0. The first-order valence-electron chi connectivity index (χ1n) is 26.7. The number of hydrogen-bond acceptors (Lipinski definition) is 7. The molecule has 0 aromatic heterocycles. The molecule has 0 spiro atoms. The molecule has 0 aliphatic heterocycles. The molecule has 3 unspecified atom stereocenters. The number of nitrogens with zero attached hydrogens (tertiary/aromatic N) is 1. The van der Waals surface area contributed by atoms with Crippen LogP contribution in [0.15, 0.2) is 109 Å². The second-order valence-electron chi connectivity index (χ2n) is 18.7. The molecule has 1 N–H and O–H groups in total. The van der Waals surface area contributed by atoms with Crippen LogP contribution in [0.3, 0.4) is 0 Å². The highest BCUT2D eigenvalue weighted by molar-refractivity contribution is 7.45. The number of rotatable bonds is 46. The van der Waals surface area contributed by atoms with Crippen molar-refractivity contribution >= 4 is 19.7 Å². The Bertz CT molecular complexity index is 1530. The van der Waals surface area contributed by atoms with Crippen molar-refractivity contribution in [1.29, 1.82) is 0 Å². The van der Waals surface area contributed by atoms with Gasteiger partial charge in [-0.15, -0.1) is 0 Å². The molecular weight excluding hydrogens is 868 g/mol. The maximum Gasteiger partial charge on any atom is 0.306 e. The normalized spacial score (nSPS) is 14.8. The number of amides is 1. The van der Waals surface area contributed by atoms with Crippen LogP contribution < -0.4 is 10.2 Å². The predicted molar refractivity (Wildman–Crippen MR) is 288 cm³/mol. The van der Waals surface area contributed by atoms with E-state index in [2.05, 4.69) is 111 Å². The summed E-state index contributed by atoms with van der Waals surface area (Å²) in [5.74, 6) is -0.645. The summed E-state index contributed by atoms with van der Waals surface area (Å²) in [5.41, 5.74) is 0. The molecule has 0 rings (SSSR count). The summed E-state index contributed by atoms with van der Waals surface area (Å²) >= 11 is 0. The third-order valence-electron chi connectivity index (χ3n) is 11.0. The van der Waals surface area contributed by atoms with E-state index < -0.39 is 32.5 Å². The van der Waals surface area contributed by atoms with Gasteiger partial charge in [0.15, 0.2) is 0 Å². The Morgan fingerprint density at radius 3 is 1.59 bits per heavy atom. The van der Waals surface area contributed by atoms with Crippen molar-refractivity contribution < 1.29 is 37.3 Å². The first-order chi connectivity index (χ1) is 32.9. The van der Waals surface area contributed by atoms with Gasteiger partial charge in [0.05, 0.1) is 33.8 Å². The zero-order chi connectivity index (χ0) is 50.1. The van der Waals surface area contributed by atoms with E-state index in [1.807, 2.05) is 39.4 Å². The van der Waals surface area contributed by atoms with Crippen molar-refractivity contribution in [2.75, 3.05) is 40.9 Å². The van der Waals surface area contributed by atoms with Crippen LogP contribution in [0.4, 0.5) is 0 Å². The summed E-state index contributed by atoms with van der Waals surface area (Å²) in [4.78, 5) is 39.7. The average Bonchev–Trinajstić information content (AvgIpc) is 3.29. The lowest BCUT2D eigenvalue weighted by Gasteiger charge is -2.30. The van der Waals surface area contributed by atoms with Crippen molar-refractivity contribution in [3.63, 3.8) is 0 Å². The Hall–Kier alpha value is -3.33. The minimum Gasteiger partial charge on any atom is -0.756 e. The molecule has 388 valence electrons. The molecule has 1 amide bonds. The van der Waals surface area contributed by atoms with Gasteiger partial charge in [0.2, 0.25) is 5.91 Å². The minimum absolute atomic E-state index is 0.0413. The predicted octanol–water partition coefficient (Wildman–Crippen LogP) is 15.2. The van der Waals surface area contributed by atoms with Gasteiger partial charge in [0.1, 0.15) is 19.3 Å². The largest absolute Gasteiger partial charge is 0.756 e. The average molecular weight is 967 g/mol. The summed E-state index contributed by atoms with van der Waals surface area (Å²) in [5, 5.41) is 2.98. The van der Waals surface area contributed by atoms with E-state index in [1.54, 1.807) is 6.08 Å². The molecule has 0 bridgehead atoms. The molecule has 68 heavy (non-hydrogen) atoms. The van der Waals surface area contributed by atoms with E-state index in [-0.39, 0.29) is 25.4 Å². The van der Waals surface area contributed by atoms with Crippen molar-refractivity contribution in [2.24, 2.45) is 0 Å². The minimum atomic E-state index is -4.71. The number of allylic oxidation sites excluding steroid dienone is 17. The number of carbonyl (C=O) groups is 2. The highest BCUT2D eigenvalue weighted by Gasteiger charge is 2.27. The number of esters is 1. The number of quaternary nitrogens is 1. The lowest BCUT2D eigenvalue weighted by atomic mass is 10.0. The van der Waals surface area contributed by atoms with Crippen LogP contribution in [0, 0.1) is 0 Å².